The van der Waals surface area contributed by atoms with Crippen molar-refractivity contribution in [3.05, 3.63) is 17.8 Å². The fourth-order valence-corrected chi connectivity index (χ4v) is 2.58. The highest BCUT2D eigenvalue weighted by atomic mass is 16.5. The molecule has 0 spiro atoms. The number of carbonyl (C=O) groups excluding carboxylic acids is 1. The molecule has 0 bridgehead atoms. The fourth-order valence-electron chi connectivity index (χ4n) is 2.58. The van der Waals surface area contributed by atoms with Gasteiger partial charge in [0.05, 0.1) is 24.1 Å². The molecule has 0 unspecified atom stereocenters. The third-order valence-electron chi connectivity index (χ3n) is 3.93. The highest BCUT2D eigenvalue weighted by Gasteiger charge is 2.20. The smallest absolute Gasteiger partial charge is 0.340 e. The Morgan fingerprint density at radius 2 is 2.15 bits per heavy atom. The minimum atomic E-state index is -0.378. The zero-order valence-electron chi connectivity index (χ0n) is 12.3. The van der Waals surface area contributed by atoms with Crippen molar-refractivity contribution in [1.82, 2.24) is 4.98 Å². The first-order valence-electron chi connectivity index (χ1n) is 7.33. The molecule has 1 aliphatic rings. The van der Waals surface area contributed by atoms with E-state index in [4.69, 9.17) is 10.5 Å². The van der Waals surface area contributed by atoms with E-state index in [2.05, 4.69) is 16.8 Å². The van der Waals surface area contributed by atoms with E-state index in [0.717, 1.165) is 24.8 Å². The molecule has 0 saturated carbocycles. The van der Waals surface area contributed by atoms with Crippen LogP contribution in [0.25, 0.3) is 0 Å². The van der Waals surface area contributed by atoms with Crippen LogP contribution in [0.15, 0.2) is 12.3 Å². The average molecular weight is 277 g/mol. The molecule has 1 aromatic rings. The molecule has 20 heavy (non-hydrogen) atoms. The monoisotopic (exact) mass is 277 g/mol. The van der Waals surface area contributed by atoms with Crippen LogP contribution in [0.2, 0.25) is 0 Å². The second kappa shape index (κ2) is 6.59. The van der Waals surface area contributed by atoms with Gasteiger partial charge in [-0.15, -0.1) is 0 Å². The van der Waals surface area contributed by atoms with Crippen LogP contribution in [-0.2, 0) is 4.74 Å². The number of ether oxygens (including phenoxy) is 1. The summed E-state index contributed by atoms with van der Waals surface area (Å²) in [6.45, 7) is 6.33. The normalized spacial score (nSPS) is 16.2. The van der Waals surface area contributed by atoms with Gasteiger partial charge in [-0.2, -0.15) is 0 Å². The number of aromatic nitrogens is 1. The lowest BCUT2D eigenvalue weighted by Crippen LogP contribution is -2.34. The molecule has 1 aromatic heterocycles. The second-order valence-corrected chi connectivity index (χ2v) is 5.19. The second-order valence-electron chi connectivity index (χ2n) is 5.19. The van der Waals surface area contributed by atoms with Crippen LogP contribution in [0.3, 0.4) is 0 Å². The number of pyridine rings is 1. The third-order valence-corrected chi connectivity index (χ3v) is 3.93. The summed E-state index contributed by atoms with van der Waals surface area (Å²) in [4.78, 5) is 18.4. The molecule has 0 atom stereocenters. The van der Waals surface area contributed by atoms with Crippen molar-refractivity contribution in [1.29, 1.82) is 0 Å². The summed E-state index contributed by atoms with van der Waals surface area (Å²) in [7, 11) is 0. The van der Waals surface area contributed by atoms with Crippen LogP contribution >= 0.6 is 0 Å². The highest BCUT2D eigenvalue weighted by molar-refractivity contribution is 5.95. The van der Waals surface area contributed by atoms with Gasteiger partial charge in [0.1, 0.15) is 5.82 Å². The number of hydrogen-bond donors (Lipinski definition) is 1. The van der Waals surface area contributed by atoms with Crippen molar-refractivity contribution in [3.8, 4) is 0 Å². The minimum absolute atomic E-state index is 0.345. The predicted octanol–water partition coefficient (Wildman–Crippen LogP) is 2.47. The van der Waals surface area contributed by atoms with E-state index in [1.54, 1.807) is 19.2 Å². The molecule has 0 radical (unpaired) electrons. The summed E-state index contributed by atoms with van der Waals surface area (Å²) in [5.74, 6) is 1.25. The Labute approximate surface area is 120 Å². The Bertz CT molecular complexity index is 468. The number of rotatable bonds is 4. The number of nitrogens with two attached hydrogens (primary N) is 1. The highest BCUT2D eigenvalue weighted by Crippen LogP contribution is 2.25. The standard InChI is InChI=1S/C15H23N3O2/c1-3-11-5-7-18(8-6-11)14-9-12(13(16)10-17-14)15(19)20-4-2/h9-11H,3-8,16H2,1-2H3. The molecule has 5 nitrogen and oxygen atoms in total. The van der Waals surface area contributed by atoms with Gasteiger partial charge in [-0.25, -0.2) is 9.78 Å². The van der Waals surface area contributed by atoms with Crippen molar-refractivity contribution in [2.24, 2.45) is 5.92 Å². The lowest BCUT2D eigenvalue weighted by Gasteiger charge is -2.32. The van der Waals surface area contributed by atoms with E-state index >= 15 is 0 Å². The van der Waals surface area contributed by atoms with Gasteiger partial charge in [0, 0.05) is 13.1 Å². The van der Waals surface area contributed by atoms with E-state index in [0.29, 0.717) is 17.9 Å². The Hall–Kier alpha value is -1.78. The van der Waals surface area contributed by atoms with Crippen LogP contribution in [0, 0.1) is 5.92 Å². The Balaban J connectivity index is 2.13. The largest absolute Gasteiger partial charge is 0.462 e. The number of hydrogen-bond acceptors (Lipinski definition) is 5. The molecule has 1 fully saturated rings. The van der Waals surface area contributed by atoms with Crippen LogP contribution in [-0.4, -0.2) is 30.6 Å². The zero-order chi connectivity index (χ0) is 14.5. The Kier molecular flexibility index (Phi) is 4.82. The molecule has 1 aliphatic heterocycles. The third kappa shape index (κ3) is 3.21. The molecule has 0 aliphatic carbocycles. The molecule has 1 saturated heterocycles. The van der Waals surface area contributed by atoms with Gasteiger partial charge in [-0.3, -0.25) is 0 Å². The topological polar surface area (TPSA) is 68.5 Å². The van der Waals surface area contributed by atoms with Gasteiger partial charge < -0.3 is 15.4 Å². The van der Waals surface area contributed by atoms with Gasteiger partial charge in [0.15, 0.2) is 0 Å². The molecule has 2 heterocycles. The van der Waals surface area contributed by atoms with E-state index in [1.807, 2.05) is 0 Å². The SMILES string of the molecule is CCOC(=O)c1cc(N2CCC(CC)CC2)ncc1N. The van der Waals surface area contributed by atoms with E-state index in [1.165, 1.54) is 19.3 Å². The number of carbonyl (C=O) groups is 1. The van der Waals surface area contributed by atoms with E-state index in [9.17, 15) is 4.79 Å². The van der Waals surface area contributed by atoms with Crippen molar-refractivity contribution < 1.29 is 9.53 Å². The van der Waals surface area contributed by atoms with Gasteiger partial charge in [-0.05, 0) is 31.7 Å². The van der Waals surface area contributed by atoms with Gasteiger partial charge in [0.25, 0.3) is 0 Å². The maximum atomic E-state index is 11.9. The van der Waals surface area contributed by atoms with Gasteiger partial charge in [0.2, 0.25) is 0 Å². The predicted molar refractivity (Wildman–Crippen MR) is 79.8 cm³/mol. The summed E-state index contributed by atoms with van der Waals surface area (Å²) < 4.78 is 5.02. The molecule has 5 heteroatoms. The number of nitrogens with zero attached hydrogens (tertiary/aromatic N) is 2. The summed E-state index contributed by atoms with van der Waals surface area (Å²) in [6, 6.07) is 1.75. The fraction of sp³-hybridized carbons (Fsp3) is 0.600. The Morgan fingerprint density at radius 1 is 1.45 bits per heavy atom. The van der Waals surface area contributed by atoms with Crippen LogP contribution in [0.5, 0.6) is 0 Å². The summed E-state index contributed by atoms with van der Waals surface area (Å²) in [5.41, 5.74) is 6.59. The van der Waals surface area contributed by atoms with Crippen molar-refractivity contribution >= 4 is 17.5 Å². The first-order valence-corrected chi connectivity index (χ1v) is 7.33. The van der Waals surface area contributed by atoms with E-state index in [-0.39, 0.29) is 5.97 Å². The number of esters is 1. The lowest BCUT2D eigenvalue weighted by molar-refractivity contribution is 0.0527. The maximum Gasteiger partial charge on any atom is 0.340 e. The number of nitrogen functional groups attached to an aromatic ring is 1. The molecule has 2 rings (SSSR count). The quantitative estimate of drug-likeness (QED) is 0.856. The van der Waals surface area contributed by atoms with Gasteiger partial charge in [-0.1, -0.05) is 13.3 Å². The lowest BCUT2D eigenvalue weighted by atomic mass is 9.94. The number of piperidine rings is 1. The molecule has 2 N–H and O–H groups in total. The number of anilines is 2. The first-order chi connectivity index (χ1) is 9.65. The average Bonchev–Trinajstić information content (AvgIpc) is 2.48. The minimum Gasteiger partial charge on any atom is -0.462 e. The van der Waals surface area contributed by atoms with Crippen molar-refractivity contribution in [2.75, 3.05) is 30.3 Å². The van der Waals surface area contributed by atoms with Crippen LogP contribution < -0.4 is 10.6 Å². The van der Waals surface area contributed by atoms with Crippen LogP contribution in [0.4, 0.5) is 11.5 Å². The Morgan fingerprint density at radius 3 is 2.75 bits per heavy atom. The summed E-state index contributed by atoms with van der Waals surface area (Å²) in [6.07, 6.45) is 5.14. The summed E-state index contributed by atoms with van der Waals surface area (Å²) in [5, 5.41) is 0. The summed E-state index contributed by atoms with van der Waals surface area (Å²) >= 11 is 0. The van der Waals surface area contributed by atoms with Gasteiger partial charge >= 0.3 is 5.97 Å². The van der Waals surface area contributed by atoms with Crippen molar-refractivity contribution in [2.45, 2.75) is 33.1 Å². The van der Waals surface area contributed by atoms with Crippen LogP contribution in [0.1, 0.15) is 43.5 Å². The molecule has 0 amide bonds. The molecular formula is C15H23N3O2. The molecule has 0 aromatic carbocycles. The molecular weight excluding hydrogens is 254 g/mol. The first kappa shape index (κ1) is 14.6. The van der Waals surface area contributed by atoms with E-state index < -0.39 is 0 Å². The van der Waals surface area contributed by atoms with Crippen molar-refractivity contribution in [3.63, 3.8) is 0 Å². The maximum absolute atomic E-state index is 11.9. The zero-order valence-corrected chi connectivity index (χ0v) is 12.3. The molecule has 110 valence electrons.